The van der Waals surface area contributed by atoms with Crippen LogP contribution in [0.5, 0.6) is 0 Å². The minimum atomic E-state index is -0.828. The highest BCUT2D eigenvalue weighted by Gasteiger charge is 2.32. The van der Waals surface area contributed by atoms with Gasteiger partial charge in [-0.2, -0.15) is 4.98 Å². The van der Waals surface area contributed by atoms with Gasteiger partial charge in [0.25, 0.3) is 0 Å². The van der Waals surface area contributed by atoms with E-state index in [0.717, 1.165) is 13.1 Å². The van der Waals surface area contributed by atoms with Crippen LogP contribution in [-0.2, 0) is 23.4 Å². The molecular formula is C26H32N4O3. The largest absolute Gasteiger partial charge is 0.444 e. The molecule has 1 aliphatic heterocycles. The predicted molar refractivity (Wildman–Crippen MR) is 126 cm³/mol. The molecular weight excluding hydrogens is 416 g/mol. The van der Waals surface area contributed by atoms with Gasteiger partial charge in [-0.15, -0.1) is 0 Å². The molecule has 0 saturated carbocycles. The number of carbonyl (C=O) groups is 1. The minimum absolute atomic E-state index is 0.281. The van der Waals surface area contributed by atoms with Gasteiger partial charge in [0, 0.05) is 19.0 Å². The van der Waals surface area contributed by atoms with E-state index < -0.39 is 17.2 Å². The SMILES string of the molecule is CC(C)(C)OC(=O)NC(C)(C)c1noc(CN2Cc3ccccc3[C@H](c3ccccc3)C2)n1. The first-order chi connectivity index (χ1) is 15.6. The maximum absolute atomic E-state index is 12.2. The molecule has 0 saturated heterocycles. The average molecular weight is 449 g/mol. The van der Waals surface area contributed by atoms with Crippen molar-refractivity contribution in [2.24, 2.45) is 0 Å². The summed E-state index contributed by atoms with van der Waals surface area (Å²) in [5, 5.41) is 6.97. The van der Waals surface area contributed by atoms with E-state index in [9.17, 15) is 4.79 Å². The van der Waals surface area contributed by atoms with Crippen molar-refractivity contribution >= 4 is 6.09 Å². The van der Waals surface area contributed by atoms with Crippen LogP contribution in [0.25, 0.3) is 0 Å². The summed E-state index contributed by atoms with van der Waals surface area (Å²) in [6.45, 7) is 11.3. The quantitative estimate of drug-likeness (QED) is 0.593. The summed E-state index contributed by atoms with van der Waals surface area (Å²) >= 11 is 0. The van der Waals surface area contributed by atoms with Crippen molar-refractivity contribution in [3.05, 3.63) is 83.0 Å². The van der Waals surface area contributed by atoms with Gasteiger partial charge in [-0.3, -0.25) is 4.90 Å². The van der Waals surface area contributed by atoms with E-state index in [-0.39, 0.29) is 5.92 Å². The third kappa shape index (κ3) is 5.60. The Morgan fingerprint density at radius 1 is 1.09 bits per heavy atom. The molecule has 0 radical (unpaired) electrons. The lowest BCUT2D eigenvalue weighted by atomic mass is 9.85. The molecule has 1 aromatic heterocycles. The maximum atomic E-state index is 12.2. The number of alkyl carbamates (subject to hydrolysis) is 1. The smallest absolute Gasteiger partial charge is 0.408 e. The number of hydrogen-bond donors (Lipinski definition) is 1. The first-order valence-electron chi connectivity index (χ1n) is 11.3. The van der Waals surface area contributed by atoms with Crippen LogP contribution in [0.4, 0.5) is 4.79 Å². The fraction of sp³-hybridized carbons (Fsp3) is 0.423. The zero-order valence-corrected chi connectivity index (χ0v) is 20.0. The number of benzene rings is 2. The van der Waals surface area contributed by atoms with Gasteiger partial charge in [0.15, 0.2) is 5.82 Å². The predicted octanol–water partition coefficient (Wildman–Crippen LogP) is 4.98. The second-order valence-electron chi connectivity index (χ2n) is 10.1. The van der Waals surface area contributed by atoms with Crippen LogP contribution >= 0.6 is 0 Å². The molecule has 1 amide bonds. The summed E-state index contributed by atoms with van der Waals surface area (Å²) in [5.41, 5.74) is 2.56. The van der Waals surface area contributed by atoms with Crippen LogP contribution in [0.2, 0.25) is 0 Å². The van der Waals surface area contributed by atoms with Gasteiger partial charge in [0.1, 0.15) is 11.1 Å². The first kappa shape index (κ1) is 23.0. The Kier molecular flexibility index (Phi) is 6.26. The van der Waals surface area contributed by atoms with Gasteiger partial charge in [0.05, 0.1) is 6.54 Å². The lowest BCUT2D eigenvalue weighted by molar-refractivity contribution is 0.0465. The van der Waals surface area contributed by atoms with Crippen molar-refractivity contribution in [1.82, 2.24) is 20.4 Å². The Bertz CT molecular complexity index is 1100. The van der Waals surface area contributed by atoms with Crippen molar-refractivity contribution in [2.45, 2.75) is 64.8 Å². The Balaban J connectivity index is 1.48. The third-order valence-corrected chi connectivity index (χ3v) is 5.67. The van der Waals surface area contributed by atoms with Crippen LogP contribution in [0.1, 0.15) is 68.9 Å². The van der Waals surface area contributed by atoms with Gasteiger partial charge in [-0.1, -0.05) is 59.8 Å². The zero-order valence-electron chi connectivity index (χ0n) is 20.0. The molecule has 0 aliphatic carbocycles. The molecule has 0 bridgehead atoms. The number of nitrogens with zero attached hydrogens (tertiary/aromatic N) is 3. The van der Waals surface area contributed by atoms with E-state index in [1.807, 2.05) is 40.7 Å². The van der Waals surface area contributed by atoms with E-state index in [0.29, 0.717) is 18.3 Å². The Labute approximate surface area is 195 Å². The Hall–Kier alpha value is -3.19. The molecule has 174 valence electrons. The van der Waals surface area contributed by atoms with Crippen molar-refractivity contribution in [1.29, 1.82) is 0 Å². The molecule has 3 aromatic rings. The van der Waals surface area contributed by atoms with E-state index >= 15 is 0 Å². The molecule has 2 heterocycles. The van der Waals surface area contributed by atoms with Crippen LogP contribution in [0, 0.1) is 0 Å². The molecule has 2 aromatic carbocycles. The highest BCUT2D eigenvalue weighted by molar-refractivity contribution is 5.68. The maximum Gasteiger partial charge on any atom is 0.408 e. The number of amides is 1. The molecule has 7 nitrogen and oxygen atoms in total. The number of carbonyl (C=O) groups excluding carboxylic acids is 1. The van der Waals surface area contributed by atoms with Crippen molar-refractivity contribution in [3.8, 4) is 0 Å². The van der Waals surface area contributed by atoms with Crippen molar-refractivity contribution < 1.29 is 14.1 Å². The number of ether oxygens (including phenoxy) is 1. The summed E-state index contributed by atoms with van der Waals surface area (Å²) in [4.78, 5) is 19.1. The highest BCUT2D eigenvalue weighted by Crippen LogP contribution is 2.34. The lowest BCUT2D eigenvalue weighted by Crippen LogP contribution is -2.44. The van der Waals surface area contributed by atoms with E-state index in [1.165, 1.54) is 16.7 Å². The summed E-state index contributed by atoms with van der Waals surface area (Å²) in [6, 6.07) is 19.2. The molecule has 0 fully saturated rings. The monoisotopic (exact) mass is 448 g/mol. The molecule has 1 atom stereocenters. The normalized spacial score (nSPS) is 16.8. The number of hydrogen-bond acceptors (Lipinski definition) is 6. The van der Waals surface area contributed by atoms with Crippen LogP contribution in [0.15, 0.2) is 59.1 Å². The van der Waals surface area contributed by atoms with Gasteiger partial charge in [-0.05, 0) is 51.3 Å². The van der Waals surface area contributed by atoms with Crippen molar-refractivity contribution in [3.63, 3.8) is 0 Å². The zero-order chi connectivity index (χ0) is 23.6. The fourth-order valence-corrected chi connectivity index (χ4v) is 4.15. The molecule has 7 heteroatoms. The van der Waals surface area contributed by atoms with Gasteiger partial charge >= 0.3 is 6.09 Å². The van der Waals surface area contributed by atoms with E-state index in [2.05, 4.69) is 68.9 Å². The van der Waals surface area contributed by atoms with Gasteiger partial charge < -0.3 is 14.6 Å². The van der Waals surface area contributed by atoms with E-state index in [4.69, 9.17) is 9.26 Å². The Morgan fingerprint density at radius 2 is 1.79 bits per heavy atom. The molecule has 1 aliphatic rings. The lowest BCUT2D eigenvalue weighted by Gasteiger charge is -2.34. The number of rotatable bonds is 5. The van der Waals surface area contributed by atoms with Gasteiger partial charge in [0.2, 0.25) is 5.89 Å². The standard InChI is InChI=1S/C26H32N4O3/c1-25(2,3)32-24(31)28-26(4,5)23-27-22(33-29-23)17-30-15-19-13-9-10-14-20(19)21(16-30)18-11-7-6-8-12-18/h6-14,21H,15-17H2,1-5H3,(H,28,31)/t21-/m0/s1. The topological polar surface area (TPSA) is 80.5 Å². The molecule has 33 heavy (non-hydrogen) atoms. The number of nitrogens with one attached hydrogen (secondary N) is 1. The number of aromatic nitrogens is 2. The third-order valence-electron chi connectivity index (χ3n) is 5.67. The van der Waals surface area contributed by atoms with Crippen LogP contribution in [-0.4, -0.2) is 33.3 Å². The summed E-state index contributed by atoms with van der Waals surface area (Å²) in [6.07, 6.45) is -0.516. The van der Waals surface area contributed by atoms with Crippen molar-refractivity contribution in [2.75, 3.05) is 6.54 Å². The van der Waals surface area contributed by atoms with Crippen LogP contribution < -0.4 is 5.32 Å². The van der Waals surface area contributed by atoms with Crippen LogP contribution in [0.3, 0.4) is 0 Å². The van der Waals surface area contributed by atoms with Gasteiger partial charge in [-0.25, -0.2) is 4.79 Å². The second-order valence-corrected chi connectivity index (χ2v) is 10.1. The first-order valence-corrected chi connectivity index (χ1v) is 11.3. The summed E-state index contributed by atoms with van der Waals surface area (Å²) in [5.74, 6) is 1.22. The average Bonchev–Trinajstić information content (AvgIpc) is 3.21. The molecule has 4 rings (SSSR count). The Morgan fingerprint density at radius 3 is 2.52 bits per heavy atom. The molecule has 0 unspecified atom stereocenters. The second kappa shape index (κ2) is 8.98. The molecule has 1 N–H and O–H groups in total. The van der Waals surface area contributed by atoms with E-state index in [1.54, 1.807) is 0 Å². The summed E-state index contributed by atoms with van der Waals surface area (Å²) < 4.78 is 10.9. The molecule has 0 spiro atoms. The minimum Gasteiger partial charge on any atom is -0.444 e. The fourth-order valence-electron chi connectivity index (χ4n) is 4.15. The number of fused-ring (bicyclic) bond motifs is 1. The highest BCUT2D eigenvalue weighted by atomic mass is 16.6. The summed E-state index contributed by atoms with van der Waals surface area (Å²) in [7, 11) is 0.